The minimum atomic E-state index is -1.22. The van der Waals surface area contributed by atoms with Gasteiger partial charge in [0.15, 0.2) is 5.13 Å². The van der Waals surface area contributed by atoms with Crippen molar-refractivity contribution in [2.75, 3.05) is 46.2 Å². The van der Waals surface area contributed by atoms with Crippen molar-refractivity contribution in [2.24, 2.45) is 5.41 Å². The fourth-order valence-corrected chi connectivity index (χ4v) is 5.28. The van der Waals surface area contributed by atoms with Gasteiger partial charge in [0.1, 0.15) is 18.9 Å². The van der Waals surface area contributed by atoms with Gasteiger partial charge < -0.3 is 19.1 Å². The van der Waals surface area contributed by atoms with Crippen molar-refractivity contribution in [3.05, 3.63) is 53.6 Å². The number of aromatic nitrogens is 1. The van der Waals surface area contributed by atoms with Crippen LogP contribution in [0.25, 0.3) is 10.2 Å². The molecule has 1 amide bonds. The lowest BCUT2D eigenvalue weighted by Gasteiger charge is -2.31. The minimum absolute atomic E-state index is 0.249. The summed E-state index contributed by atoms with van der Waals surface area (Å²) in [6.07, 6.45) is 0.449. The zero-order chi connectivity index (χ0) is 23.8. The number of rotatable bonds is 8. The van der Waals surface area contributed by atoms with E-state index in [1.54, 1.807) is 7.05 Å². The van der Waals surface area contributed by atoms with Crippen LogP contribution in [0.3, 0.4) is 0 Å². The van der Waals surface area contributed by atoms with Crippen LogP contribution in [0, 0.1) is 5.41 Å². The van der Waals surface area contributed by atoms with Crippen LogP contribution in [-0.4, -0.2) is 62.7 Å². The van der Waals surface area contributed by atoms with Crippen molar-refractivity contribution >= 4 is 38.6 Å². The topological polar surface area (TPSA) is 82.6 Å². The van der Waals surface area contributed by atoms with E-state index in [0.717, 1.165) is 38.1 Å². The van der Waals surface area contributed by atoms with Crippen molar-refractivity contribution in [2.45, 2.75) is 19.3 Å². The number of hydrogen-bond acceptors (Lipinski definition) is 6. The van der Waals surface area contributed by atoms with E-state index in [0.29, 0.717) is 24.6 Å². The highest BCUT2D eigenvalue weighted by Gasteiger charge is 2.45. The highest BCUT2D eigenvalue weighted by Crippen LogP contribution is 2.42. The summed E-state index contributed by atoms with van der Waals surface area (Å²) in [6.45, 7) is 1.48. The average Bonchev–Trinajstić information content (AvgIpc) is 3.32. The Kier molecular flexibility index (Phi) is 6.16. The normalized spacial score (nSPS) is 14.8. The maximum Gasteiger partial charge on any atom is 0.235 e. The van der Waals surface area contributed by atoms with Crippen LogP contribution in [0.4, 0.5) is 5.13 Å². The first-order valence-corrected chi connectivity index (χ1v) is 11.8. The number of aliphatic carboxylic acids is 1. The average molecular weight is 468 g/mol. The number of hydrogen-bond donors (Lipinski definition) is 0. The summed E-state index contributed by atoms with van der Waals surface area (Å²) in [4.78, 5) is 31.3. The lowest BCUT2D eigenvalue weighted by atomic mass is 9.80. The number of anilines is 1. The first-order chi connectivity index (χ1) is 15.6. The quantitative estimate of drug-likeness (QED) is 0.475. The smallest absolute Gasteiger partial charge is 0.235 e. The Morgan fingerprint density at radius 2 is 1.82 bits per heavy atom. The number of benzene rings is 2. The van der Waals surface area contributed by atoms with E-state index >= 15 is 0 Å². The summed E-state index contributed by atoms with van der Waals surface area (Å²) in [5.74, 6) is -0.703. The standard InChI is InChI=1S/C25H29N3O4S/c1-27(23(31)25(16-22(29)30)14-17-7-5-6-8-18(17)15-25)24-26-20-10-9-19(13-21(20)33-24)32-12-11-28(2,3)4/h5-10,13H,11-12,14-16H2,1-4H3. The van der Waals surface area contributed by atoms with Crippen molar-refractivity contribution < 1.29 is 23.9 Å². The second kappa shape index (κ2) is 8.76. The van der Waals surface area contributed by atoms with Gasteiger partial charge in [-0.1, -0.05) is 35.6 Å². The molecule has 8 heteroatoms. The van der Waals surface area contributed by atoms with Crippen LogP contribution in [0.5, 0.6) is 5.75 Å². The van der Waals surface area contributed by atoms with Gasteiger partial charge in [-0.15, -0.1) is 0 Å². The van der Waals surface area contributed by atoms with E-state index in [1.807, 2.05) is 42.5 Å². The number of carboxylic acid groups (broad SMARTS) is 1. The monoisotopic (exact) mass is 467 g/mol. The van der Waals surface area contributed by atoms with Crippen LogP contribution < -0.4 is 14.7 Å². The third kappa shape index (κ3) is 5.02. The van der Waals surface area contributed by atoms with Gasteiger partial charge >= 0.3 is 0 Å². The van der Waals surface area contributed by atoms with Crippen molar-refractivity contribution in [1.29, 1.82) is 0 Å². The Hall–Kier alpha value is -2.97. The molecule has 174 valence electrons. The van der Waals surface area contributed by atoms with E-state index in [9.17, 15) is 14.7 Å². The number of likely N-dealkylation sites (N-methyl/N-ethyl adjacent to an activating group) is 1. The molecule has 0 aliphatic heterocycles. The van der Waals surface area contributed by atoms with Crippen LogP contribution in [-0.2, 0) is 22.4 Å². The number of ether oxygens (including phenoxy) is 1. The number of quaternary nitrogens is 1. The van der Waals surface area contributed by atoms with Gasteiger partial charge in [0.25, 0.3) is 0 Å². The molecule has 1 heterocycles. The summed E-state index contributed by atoms with van der Waals surface area (Å²) in [5.41, 5.74) is 1.74. The number of nitrogens with zero attached hydrogens (tertiary/aromatic N) is 3. The molecule has 2 aromatic carbocycles. The second-order valence-electron chi connectivity index (χ2n) is 9.80. The Balaban J connectivity index is 1.56. The molecule has 1 aliphatic carbocycles. The van der Waals surface area contributed by atoms with Gasteiger partial charge in [-0.3, -0.25) is 9.69 Å². The van der Waals surface area contributed by atoms with Gasteiger partial charge in [-0.25, -0.2) is 4.98 Å². The minimum Gasteiger partial charge on any atom is -0.550 e. The van der Waals surface area contributed by atoms with Crippen LogP contribution in [0.15, 0.2) is 42.5 Å². The maximum atomic E-state index is 13.6. The summed E-state index contributed by atoms with van der Waals surface area (Å²) in [7, 11) is 8.01. The fraction of sp³-hybridized carbons (Fsp3) is 0.400. The van der Waals surface area contributed by atoms with Crippen molar-refractivity contribution in [3.8, 4) is 5.75 Å². The molecule has 0 spiro atoms. The summed E-state index contributed by atoms with van der Waals surface area (Å²) < 4.78 is 7.62. The molecule has 0 saturated heterocycles. The molecule has 4 rings (SSSR count). The first-order valence-electron chi connectivity index (χ1n) is 10.9. The molecule has 1 aliphatic rings. The summed E-state index contributed by atoms with van der Waals surface area (Å²) in [6, 6.07) is 13.4. The van der Waals surface area contributed by atoms with Crippen molar-refractivity contribution in [1.82, 2.24) is 4.98 Å². The molecular weight excluding hydrogens is 438 g/mol. The third-order valence-corrected chi connectivity index (χ3v) is 7.18. The van der Waals surface area contributed by atoms with Crippen LogP contribution in [0.1, 0.15) is 17.5 Å². The molecular formula is C25H29N3O4S. The van der Waals surface area contributed by atoms with Crippen molar-refractivity contribution in [3.63, 3.8) is 0 Å². The Bertz CT molecular complexity index is 1170. The fourth-order valence-electron chi connectivity index (χ4n) is 4.33. The Morgan fingerprint density at radius 3 is 2.42 bits per heavy atom. The Morgan fingerprint density at radius 1 is 1.15 bits per heavy atom. The van der Waals surface area contributed by atoms with E-state index in [1.165, 1.54) is 16.2 Å². The largest absolute Gasteiger partial charge is 0.550 e. The summed E-state index contributed by atoms with van der Waals surface area (Å²) in [5, 5.41) is 12.1. The number of thiazole rings is 1. The van der Waals surface area contributed by atoms with Gasteiger partial charge in [-0.2, -0.15) is 0 Å². The first kappa shape index (κ1) is 23.2. The predicted octanol–water partition coefficient (Wildman–Crippen LogP) is 2.27. The highest BCUT2D eigenvalue weighted by molar-refractivity contribution is 7.22. The molecule has 3 aromatic rings. The molecule has 0 radical (unpaired) electrons. The molecule has 0 unspecified atom stereocenters. The molecule has 0 fully saturated rings. The molecule has 1 aromatic heterocycles. The van der Waals surface area contributed by atoms with E-state index in [4.69, 9.17) is 4.74 Å². The maximum absolute atomic E-state index is 13.6. The third-order valence-electron chi connectivity index (χ3n) is 6.08. The predicted molar refractivity (Wildman–Crippen MR) is 127 cm³/mol. The molecule has 33 heavy (non-hydrogen) atoms. The van der Waals surface area contributed by atoms with E-state index in [2.05, 4.69) is 26.1 Å². The Labute approximate surface area is 197 Å². The zero-order valence-corrected chi connectivity index (χ0v) is 20.3. The molecule has 7 nitrogen and oxygen atoms in total. The van der Waals surface area contributed by atoms with E-state index < -0.39 is 11.4 Å². The number of carbonyl (C=O) groups excluding carboxylic acids is 2. The lowest BCUT2D eigenvalue weighted by molar-refractivity contribution is -0.870. The van der Waals surface area contributed by atoms with Crippen LogP contribution in [0.2, 0.25) is 0 Å². The van der Waals surface area contributed by atoms with Gasteiger partial charge in [-0.05, 0) is 42.2 Å². The molecule has 0 atom stereocenters. The zero-order valence-electron chi connectivity index (χ0n) is 19.5. The van der Waals surface area contributed by atoms with Crippen LogP contribution >= 0.6 is 11.3 Å². The number of amides is 1. The molecule has 0 bridgehead atoms. The summed E-state index contributed by atoms with van der Waals surface area (Å²) >= 11 is 1.39. The number of carbonyl (C=O) groups is 2. The lowest BCUT2D eigenvalue weighted by Crippen LogP contribution is -2.46. The van der Waals surface area contributed by atoms with Gasteiger partial charge in [0.05, 0.1) is 36.8 Å². The second-order valence-corrected chi connectivity index (χ2v) is 10.8. The van der Waals surface area contributed by atoms with E-state index in [-0.39, 0.29) is 12.3 Å². The van der Waals surface area contributed by atoms with Gasteiger partial charge in [0, 0.05) is 19.4 Å². The number of carboxylic acids is 1. The van der Waals surface area contributed by atoms with Gasteiger partial charge in [0.2, 0.25) is 5.91 Å². The molecule has 0 saturated carbocycles. The highest BCUT2D eigenvalue weighted by atomic mass is 32.1. The number of fused-ring (bicyclic) bond motifs is 2. The molecule has 0 N–H and O–H groups in total. The SMILES string of the molecule is CN(C(=O)C1(CC(=O)[O-])Cc2ccccc2C1)c1nc2ccc(OCC[N+](C)(C)C)cc2s1.